The van der Waals surface area contributed by atoms with Crippen LogP contribution in [0, 0.1) is 0 Å². The Morgan fingerprint density at radius 1 is 1.19 bits per heavy atom. The second-order valence-electron chi connectivity index (χ2n) is 7.33. The Balaban J connectivity index is 1.37. The van der Waals surface area contributed by atoms with Gasteiger partial charge in [0.1, 0.15) is 0 Å². The largest absolute Gasteiger partial charge is 0.373 e. The Hall–Kier alpha value is -2.40. The van der Waals surface area contributed by atoms with E-state index in [-0.39, 0.29) is 11.5 Å². The number of likely N-dealkylation sites (tertiary alicyclic amines) is 1. The van der Waals surface area contributed by atoms with Crippen molar-refractivity contribution in [1.82, 2.24) is 9.88 Å². The molecule has 0 bridgehead atoms. The molecule has 0 unspecified atom stereocenters. The second kappa shape index (κ2) is 7.08. The average Bonchev–Trinajstić information content (AvgIpc) is 3.12. The Morgan fingerprint density at radius 2 is 1.96 bits per heavy atom. The van der Waals surface area contributed by atoms with Crippen molar-refractivity contribution in [3.63, 3.8) is 0 Å². The van der Waals surface area contributed by atoms with Crippen molar-refractivity contribution >= 4 is 11.6 Å². The lowest BCUT2D eigenvalue weighted by atomic mass is 9.87. The van der Waals surface area contributed by atoms with Crippen molar-refractivity contribution in [3.05, 3.63) is 60.4 Å². The summed E-state index contributed by atoms with van der Waals surface area (Å²) < 4.78 is 6.28. The molecule has 5 heteroatoms. The molecular weight excluding hydrogens is 326 g/mol. The minimum absolute atomic E-state index is 0.0731. The summed E-state index contributed by atoms with van der Waals surface area (Å²) >= 11 is 0. The molecule has 1 spiro atoms. The van der Waals surface area contributed by atoms with Crippen LogP contribution in [0.3, 0.4) is 0 Å². The molecule has 5 nitrogen and oxygen atoms in total. The summed E-state index contributed by atoms with van der Waals surface area (Å²) in [6.07, 6.45) is 6.16. The highest BCUT2D eigenvalue weighted by Crippen LogP contribution is 2.38. The molecule has 26 heavy (non-hydrogen) atoms. The molecule has 2 fully saturated rings. The van der Waals surface area contributed by atoms with E-state index in [0.29, 0.717) is 11.6 Å². The molecule has 1 aromatic heterocycles. The Labute approximate surface area is 154 Å². The van der Waals surface area contributed by atoms with Crippen LogP contribution < -0.4 is 4.90 Å². The number of likely N-dealkylation sites (N-methyl/N-ethyl adjacent to an activating group) is 1. The first-order chi connectivity index (χ1) is 12.7. The SMILES string of the molecule is CN(c1ccccc1)[C@H]1COC2(CCN(C(=O)c3cccnc3)CC2)C1. The number of piperidine rings is 1. The minimum atomic E-state index is -0.0839. The summed E-state index contributed by atoms with van der Waals surface area (Å²) in [7, 11) is 2.14. The van der Waals surface area contributed by atoms with E-state index in [9.17, 15) is 4.79 Å². The summed E-state index contributed by atoms with van der Waals surface area (Å²) in [6, 6.07) is 14.5. The zero-order chi connectivity index (χ0) is 18.0. The lowest BCUT2D eigenvalue weighted by molar-refractivity contribution is -0.0388. The maximum Gasteiger partial charge on any atom is 0.255 e. The number of carbonyl (C=O) groups excluding carboxylic acids is 1. The van der Waals surface area contributed by atoms with Gasteiger partial charge in [0.05, 0.1) is 23.8 Å². The van der Waals surface area contributed by atoms with Crippen LogP contribution in [0.5, 0.6) is 0 Å². The number of pyridine rings is 1. The predicted octanol–water partition coefficient (Wildman–Crippen LogP) is 2.98. The van der Waals surface area contributed by atoms with Crippen LogP contribution in [-0.2, 0) is 4.74 Å². The molecule has 0 saturated carbocycles. The molecule has 2 aliphatic heterocycles. The van der Waals surface area contributed by atoms with Gasteiger partial charge in [0.25, 0.3) is 5.91 Å². The second-order valence-corrected chi connectivity index (χ2v) is 7.33. The molecule has 1 aromatic carbocycles. The summed E-state index contributed by atoms with van der Waals surface area (Å²) in [5.74, 6) is 0.0731. The standard InChI is InChI=1S/C21H25N3O2/c1-23(18-7-3-2-4-8-18)19-14-21(26-16-19)9-12-24(13-10-21)20(25)17-6-5-11-22-15-17/h2-8,11,15,19H,9-10,12-14,16H2,1H3/t19-/m1/s1. The molecule has 1 atom stereocenters. The van der Waals surface area contributed by atoms with E-state index in [0.717, 1.165) is 39.0 Å². The van der Waals surface area contributed by atoms with Crippen molar-refractivity contribution in [2.45, 2.75) is 30.9 Å². The number of hydrogen-bond donors (Lipinski definition) is 0. The van der Waals surface area contributed by atoms with E-state index in [1.165, 1.54) is 5.69 Å². The Kier molecular flexibility index (Phi) is 4.64. The smallest absolute Gasteiger partial charge is 0.255 e. The van der Waals surface area contributed by atoms with Gasteiger partial charge in [-0.1, -0.05) is 18.2 Å². The van der Waals surface area contributed by atoms with E-state index in [1.807, 2.05) is 23.1 Å². The van der Waals surface area contributed by atoms with Gasteiger partial charge in [-0.3, -0.25) is 9.78 Å². The number of aromatic nitrogens is 1. The summed E-state index contributed by atoms with van der Waals surface area (Å²) in [6.45, 7) is 2.24. The molecule has 2 aromatic rings. The molecule has 1 amide bonds. The van der Waals surface area contributed by atoms with Crippen LogP contribution in [0.15, 0.2) is 54.9 Å². The zero-order valence-corrected chi connectivity index (χ0v) is 15.2. The third-order valence-electron chi connectivity index (χ3n) is 5.77. The van der Waals surface area contributed by atoms with E-state index < -0.39 is 0 Å². The molecular formula is C21H25N3O2. The molecule has 0 aliphatic carbocycles. The maximum absolute atomic E-state index is 12.6. The fourth-order valence-electron chi connectivity index (χ4n) is 4.08. The van der Waals surface area contributed by atoms with E-state index in [2.05, 4.69) is 41.2 Å². The highest BCUT2D eigenvalue weighted by atomic mass is 16.5. The molecule has 2 saturated heterocycles. The van der Waals surface area contributed by atoms with E-state index >= 15 is 0 Å². The van der Waals surface area contributed by atoms with Crippen LogP contribution >= 0.6 is 0 Å². The van der Waals surface area contributed by atoms with Gasteiger partial charge in [-0.25, -0.2) is 0 Å². The molecule has 136 valence electrons. The zero-order valence-electron chi connectivity index (χ0n) is 15.2. The molecule has 0 radical (unpaired) electrons. The topological polar surface area (TPSA) is 45.7 Å². The number of benzene rings is 1. The fraction of sp³-hybridized carbons (Fsp3) is 0.429. The quantitative estimate of drug-likeness (QED) is 0.853. The molecule has 2 aliphatic rings. The average molecular weight is 351 g/mol. The Bertz CT molecular complexity index is 742. The first-order valence-corrected chi connectivity index (χ1v) is 9.28. The number of rotatable bonds is 3. The van der Waals surface area contributed by atoms with E-state index in [4.69, 9.17) is 4.74 Å². The monoisotopic (exact) mass is 351 g/mol. The number of hydrogen-bond acceptors (Lipinski definition) is 4. The van der Waals surface area contributed by atoms with Gasteiger partial charge in [-0.05, 0) is 43.5 Å². The van der Waals surface area contributed by atoms with Crippen LogP contribution in [0.1, 0.15) is 29.6 Å². The third kappa shape index (κ3) is 3.31. The summed E-state index contributed by atoms with van der Waals surface area (Å²) in [5.41, 5.74) is 1.80. The molecule has 4 rings (SSSR count). The van der Waals surface area contributed by atoms with Gasteiger partial charge in [0, 0.05) is 38.2 Å². The number of nitrogens with zero attached hydrogens (tertiary/aromatic N) is 3. The number of amides is 1. The number of ether oxygens (including phenoxy) is 1. The highest BCUT2D eigenvalue weighted by Gasteiger charge is 2.44. The van der Waals surface area contributed by atoms with E-state index in [1.54, 1.807) is 12.4 Å². The van der Waals surface area contributed by atoms with Gasteiger partial charge >= 0.3 is 0 Å². The molecule has 3 heterocycles. The number of carbonyl (C=O) groups is 1. The number of para-hydroxylation sites is 1. The normalized spacial score (nSPS) is 21.7. The van der Waals surface area contributed by atoms with Crippen molar-refractivity contribution in [1.29, 1.82) is 0 Å². The summed E-state index contributed by atoms with van der Waals surface area (Å²) in [4.78, 5) is 20.9. The van der Waals surface area contributed by atoms with Crippen molar-refractivity contribution < 1.29 is 9.53 Å². The van der Waals surface area contributed by atoms with Crippen LogP contribution in [-0.4, -0.2) is 54.2 Å². The van der Waals surface area contributed by atoms with Crippen molar-refractivity contribution in [2.24, 2.45) is 0 Å². The van der Waals surface area contributed by atoms with Crippen molar-refractivity contribution in [2.75, 3.05) is 31.6 Å². The fourth-order valence-corrected chi connectivity index (χ4v) is 4.08. The summed E-state index contributed by atoms with van der Waals surface area (Å²) in [5, 5.41) is 0. The third-order valence-corrected chi connectivity index (χ3v) is 5.77. The van der Waals surface area contributed by atoms with Crippen LogP contribution in [0.4, 0.5) is 5.69 Å². The number of anilines is 1. The van der Waals surface area contributed by atoms with Crippen LogP contribution in [0.2, 0.25) is 0 Å². The Morgan fingerprint density at radius 3 is 2.65 bits per heavy atom. The first-order valence-electron chi connectivity index (χ1n) is 9.28. The predicted molar refractivity (Wildman–Crippen MR) is 101 cm³/mol. The lowest BCUT2D eigenvalue weighted by Crippen LogP contribution is -2.47. The van der Waals surface area contributed by atoms with Crippen molar-refractivity contribution in [3.8, 4) is 0 Å². The lowest BCUT2D eigenvalue weighted by Gasteiger charge is -2.39. The van der Waals surface area contributed by atoms with Gasteiger partial charge in [-0.15, -0.1) is 0 Å². The van der Waals surface area contributed by atoms with Gasteiger partial charge in [0.2, 0.25) is 0 Å². The highest BCUT2D eigenvalue weighted by molar-refractivity contribution is 5.93. The van der Waals surface area contributed by atoms with Crippen LogP contribution in [0.25, 0.3) is 0 Å². The first kappa shape index (κ1) is 17.0. The molecule has 0 N–H and O–H groups in total. The maximum atomic E-state index is 12.6. The van der Waals surface area contributed by atoms with Gasteiger partial charge < -0.3 is 14.5 Å². The van der Waals surface area contributed by atoms with Gasteiger partial charge in [0.15, 0.2) is 0 Å². The minimum Gasteiger partial charge on any atom is -0.373 e. The van der Waals surface area contributed by atoms with Gasteiger partial charge in [-0.2, -0.15) is 0 Å².